The number of carbonyl (C=O) groups is 1. The van der Waals surface area contributed by atoms with E-state index >= 15 is 0 Å². The van der Waals surface area contributed by atoms with Gasteiger partial charge in [0.05, 0.1) is 24.4 Å². The zero-order valence-electron chi connectivity index (χ0n) is 11.1. The predicted octanol–water partition coefficient (Wildman–Crippen LogP) is 3.15. The molecule has 0 unspecified atom stereocenters. The standard InChI is InChI=1S/C15H11FN2O3/c1-21-14-7-10(3-4-11(14)15(19)20)18-13-5-2-9(8-17)6-12(13)16/h2-7,18H,1H3,(H,19,20). The van der Waals surface area contributed by atoms with E-state index in [0.717, 1.165) is 6.07 Å². The van der Waals surface area contributed by atoms with Gasteiger partial charge >= 0.3 is 5.97 Å². The molecule has 0 atom stereocenters. The van der Waals surface area contributed by atoms with Crippen LogP contribution in [-0.4, -0.2) is 18.2 Å². The molecule has 0 aliphatic carbocycles. The average Bonchev–Trinajstić information content (AvgIpc) is 2.48. The fourth-order valence-electron chi connectivity index (χ4n) is 1.79. The first-order valence-electron chi connectivity index (χ1n) is 5.93. The van der Waals surface area contributed by atoms with Crippen molar-refractivity contribution in [1.29, 1.82) is 5.26 Å². The maximum Gasteiger partial charge on any atom is 0.339 e. The number of nitrogens with zero attached hydrogens (tertiary/aromatic N) is 1. The first-order valence-corrected chi connectivity index (χ1v) is 5.93. The lowest BCUT2D eigenvalue weighted by atomic mass is 10.1. The Labute approximate surface area is 120 Å². The lowest BCUT2D eigenvalue weighted by molar-refractivity contribution is 0.0693. The molecular formula is C15H11FN2O3. The molecule has 0 spiro atoms. The molecule has 6 heteroatoms. The number of rotatable bonds is 4. The third-order valence-electron chi connectivity index (χ3n) is 2.81. The second kappa shape index (κ2) is 5.92. The SMILES string of the molecule is COc1cc(Nc2ccc(C#N)cc2F)ccc1C(=O)O. The number of hydrogen-bond donors (Lipinski definition) is 2. The van der Waals surface area contributed by atoms with Crippen LogP contribution in [0.1, 0.15) is 15.9 Å². The molecule has 0 fully saturated rings. The molecule has 5 nitrogen and oxygen atoms in total. The predicted molar refractivity (Wildman–Crippen MR) is 74.4 cm³/mol. The lowest BCUT2D eigenvalue weighted by Gasteiger charge is -2.11. The summed E-state index contributed by atoms with van der Waals surface area (Å²) in [4.78, 5) is 11.0. The molecule has 2 rings (SSSR count). The van der Waals surface area contributed by atoms with Crippen molar-refractivity contribution >= 4 is 17.3 Å². The van der Waals surface area contributed by atoms with E-state index in [1.807, 2.05) is 6.07 Å². The lowest BCUT2D eigenvalue weighted by Crippen LogP contribution is -2.02. The summed E-state index contributed by atoms with van der Waals surface area (Å²) in [7, 11) is 1.36. The van der Waals surface area contributed by atoms with Crippen molar-refractivity contribution in [3.8, 4) is 11.8 Å². The summed E-state index contributed by atoms with van der Waals surface area (Å²) in [6.45, 7) is 0. The number of carboxylic acids is 1. The summed E-state index contributed by atoms with van der Waals surface area (Å²) in [6, 6.07) is 10.2. The Morgan fingerprint density at radius 3 is 2.67 bits per heavy atom. The molecule has 0 amide bonds. The van der Waals surface area contributed by atoms with Gasteiger partial charge in [0.2, 0.25) is 0 Å². The summed E-state index contributed by atoms with van der Waals surface area (Å²) < 4.78 is 18.8. The van der Waals surface area contributed by atoms with Crippen LogP contribution in [0.5, 0.6) is 5.75 Å². The molecule has 2 aromatic rings. The quantitative estimate of drug-likeness (QED) is 0.902. The van der Waals surface area contributed by atoms with Crippen LogP contribution in [0.15, 0.2) is 36.4 Å². The van der Waals surface area contributed by atoms with E-state index in [1.165, 1.54) is 37.4 Å². The molecule has 106 valence electrons. The average molecular weight is 286 g/mol. The minimum atomic E-state index is -1.11. The number of ether oxygens (including phenoxy) is 1. The minimum absolute atomic E-state index is 0.0170. The Morgan fingerprint density at radius 2 is 2.10 bits per heavy atom. The van der Waals surface area contributed by atoms with Gasteiger partial charge in [-0.1, -0.05) is 0 Å². The Morgan fingerprint density at radius 1 is 1.33 bits per heavy atom. The minimum Gasteiger partial charge on any atom is -0.496 e. The molecule has 2 aromatic carbocycles. The third-order valence-corrected chi connectivity index (χ3v) is 2.81. The van der Waals surface area contributed by atoms with Crippen molar-refractivity contribution in [2.24, 2.45) is 0 Å². The number of nitrogens with one attached hydrogen (secondary N) is 1. The number of aromatic carboxylic acids is 1. The van der Waals surface area contributed by atoms with Gasteiger partial charge in [-0.15, -0.1) is 0 Å². The maximum absolute atomic E-state index is 13.8. The highest BCUT2D eigenvalue weighted by molar-refractivity contribution is 5.91. The summed E-state index contributed by atoms with van der Waals surface area (Å²) >= 11 is 0. The molecule has 21 heavy (non-hydrogen) atoms. The van der Waals surface area contributed by atoms with Crippen LogP contribution in [0.3, 0.4) is 0 Å². The van der Waals surface area contributed by atoms with Crippen molar-refractivity contribution in [3.05, 3.63) is 53.3 Å². The van der Waals surface area contributed by atoms with Crippen molar-refractivity contribution in [3.63, 3.8) is 0 Å². The van der Waals surface area contributed by atoms with Gasteiger partial charge in [-0.25, -0.2) is 9.18 Å². The monoisotopic (exact) mass is 286 g/mol. The smallest absolute Gasteiger partial charge is 0.339 e. The van der Waals surface area contributed by atoms with E-state index in [-0.39, 0.29) is 22.6 Å². The summed E-state index contributed by atoms with van der Waals surface area (Å²) in [6.07, 6.45) is 0. The van der Waals surface area contributed by atoms with Crippen LogP contribution in [0.2, 0.25) is 0 Å². The molecule has 0 heterocycles. The van der Waals surface area contributed by atoms with Gasteiger partial charge in [-0.05, 0) is 30.3 Å². The number of halogens is 1. The maximum atomic E-state index is 13.8. The molecule has 0 saturated heterocycles. The van der Waals surface area contributed by atoms with Gasteiger partial charge in [0.1, 0.15) is 17.1 Å². The highest BCUT2D eigenvalue weighted by atomic mass is 19.1. The number of nitriles is 1. The zero-order valence-corrected chi connectivity index (χ0v) is 11.1. The molecular weight excluding hydrogens is 275 g/mol. The molecule has 2 N–H and O–H groups in total. The van der Waals surface area contributed by atoms with Crippen molar-refractivity contribution < 1.29 is 19.0 Å². The second-order valence-corrected chi connectivity index (χ2v) is 4.15. The van der Waals surface area contributed by atoms with E-state index in [2.05, 4.69) is 5.32 Å². The molecule has 0 saturated carbocycles. The number of hydrogen-bond acceptors (Lipinski definition) is 4. The first-order chi connectivity index (χ1) is 10.0. The Kier molecular flexibility index (Phi) is 4.05. The molecule has 0 aromatic heterocycles. The number of benzene rings is 2. The van der Waals surface area contributed by atoms with Crippen LogP contribution < -0.4 is 10.1 Å². The number of anilines is 2. The van der Waals surface area contributed by atoms with Crippen LogP contribution in [-0.2, 0) is 0 Å². The zero-order chi connectivity index (χ0) is 15.4. The number of carboxylic acid groups (broad SMARTS) is 1. The Balaban J connectivity index is 2.32. The van der Waals surface area contributed by atoms with E-state index in [4.69, 9.17) is 15.1 Å². The van der Waals surface area contributed by atoms with E-state index < -0.39 is 11.8 Å². The summed E-state index contributed by atoms with van der Waals surface area (Å²) in [5.41, 5.74) is 0.889. The normalized spacial score (nSPS) is 9.76. The largest absolute Gasteiger partial charge is 0.496 e. The second-order valence-electron chi connectivity index (χ2n) is 4.15. The Bertz CT molecular complexity index is 738. The molecule has 0 radical (unpaired) electrons. The molecule has 0 aliphatic heterocycles. The van der Waals surface area contributed by atoms with Gasteiger partial charge in [-0.3, -0.25) is 0 Å². The third kappa shape index (κ3) is 3.09. The van der Waals surface area contributed by atoms with Gasteiger partial charge in [0.25, 0.3) is 0 Å². The van der Waals surface area contributed by atoms with Gasteiger partial charge in [0, 0.05) is 11.8 Å². The van der Waals surface area contributed by atoms with Crippen molar-refractivity contribution in [2.45, 2.75) is 0 Å². The highest BCUT2D eigenvalue weighted by Crippen LogP contribution is 2.27. The van der Waals surface area contributed by atoms with Gasteiger partial charge in [-0.2, -0.15) is 5.26 Å². The van der Waals surface area contributed by atoms with Crippen molar-refractivity contribution in [2.75, 3.05) is 12.4 Å². The molecule has 0 bridgehead atoms. The van der Waals surface area contributed by atoms with Crippen LogP contribution in [0, 0.1) is 17.1 Å². The van der Waals surface area contributed by atoms with E-state index in [1.54, 1.807) is 0 Å². The van der Waals surface area contributed by atoms with Gasteiger partial charge < -0.3 is 15.2 Å². The van der Waals surface area contributed by atoms with Gasteiger partial charge in [0.15, 0.2) is 0 Å². The highest BCUT2D eigenvalue weighted by Gasteiger charge is 2.12. The Hall–Kier alpha value is -3.07. The fourth-order valence-corrected chi connectivity index (χ4v) is 1.79. The van der Waals surface area contributed by atoms with E-state index in [9.17, 15) is 9.18 Å². The van der Waals surface area contributed by atoms with Crippen LogP contribution in [0.25, 0.3) is 0 Å². The van der Waals surface area contributed by atoms with Crippen molar-refractivity contribution in [1.82, 2.24) is 0 Å². The summed E-state index contributed by atoms with van der Waals surface area (Å²) in [5, 5.41) is 20.5. The fraction of sp³-hybridized carbons (Fsp3) is 0.0667. The first kappa shape index (κ1) is 14.3. The number of methoxy groups -OCH3 is 1. The van der Waals surface area contributed by atoms with Crippen LogP contribution in [0.4, 0.5) is 15.8 Å². The molecule has 0 aliphatic rings. The topological polar surface area (TPSA) is 82.3 Å². The van der Waals surface area contributed by atoms with E-state index in [0.29, 0.717) is 5.69 Å². The van der Waals surface area contributed by atoms with Crippen LogP contribution >= 0.6 is 0 Å². The summed E-state index contributed by atoms with van der Waals surface area (Å²) in [5.74, 6) is -1.51.